The molecule has 144 valence electrons. The molecule has 1 aliphatic heterocycles. The van der Waals surface area contributed by atoms with E-state index >= 15 is 0 Å². The first-order valence-electron chi connectivity index (χ1n) is 9.53. The normalized spacial score (nSPS) is 15.0. The summed E-state index contributed by atoms with van der Waals surface area (Å²) in [5, 5.41) is 5.73. The first-order valence-corrected chi connectivity index (χ1v) is 9.53. The van der Waals surface area contributed by atoms with E-state index in [1.165, 1.54) is 6.92 Å². The van der Waals surface area contributed by atoms with E-state index in [0.29, 0.717) is 31.0 Å². The van der Waals surface area contributed by atoms with Crippen molar-refractivity contribution in [1.29, 1.82) is 0 Å². The van der Waals surface area contributed by atoms with Crippen molar-refractivity contribution in [3.05, 3.63) is 23.8 Å². The monoisotopic (exact) mass is 361 g/mol. The molecule has 6 heteroatoms. The van der Waals surface area contributed by atoms with Crippen LogP contribution in [0.3, 0.4) is 0 Å². The number of carbonyl (C=O) groups is 2. The summed E-state index contributed by atoms with van der Waals surface area (Å²) in [4.78, 5) is 26.4. The summed E-state index contributed by atoms with van der Waals surface area (Å²) in [5.74, 6) is 0.468. The lowest BCUT2D eigenvalue weighted by Gasteiger charge is -2.33. The Morgan fingerprint density at radius 2 is 2.00 bits per heavy atom. The number of amides is 2. The van der Waals surface area contributed by atoms with Gasteiger partial charge in [-0.1, -0.05) is 6.92 Å². The van der Waals surface area contributed by atoms with E-state index in [2.05, 4.69) is 22.5 Å². The molecular weight excluding hydrogens is 330 g/mol. The zero-order chi connectivity index (χ0) is 18.9. The predicted molar refractivity (Wildman–Crippen MR) is 105 cm³/mol. The molecule has 26 heavy (non-hydrogen) atoms. The van der Waals surface area contributed by atoms with Gasteiger partial charge in [0.05, 0.1) is 5.56 Å². The van der Waals surface area contributed by atoms with Crippen LogP contribution in [0.15, 0.2) is 18.2 Å². The molecule has 1 saturated heterocycles. The summed E-state index contributed by atoms with van der Waals surface area (Å²) in [5.41, 5.74) is 2.20. The van der Waals surface area contributed by atoms with Crippen molar-refractivity contribution in [1.82, 2.24) is 5.32 Å². The number of ether oxygens (including phenoxy) is 1. The fourth-order valence-corrected chi connectivity index (χ4v) is 3.14. The van der Waals surface area contributed by atoms with Crippen molar-refractivity contribution in [2.24, 2.45) is 5.92 Å². The number of piperidine rings is 1. The number of nitrogens with zero attached hydrogens (tertiary/aromatic N) is 1. The Kier molecular flexibility index (Phi) is 7.91. The molecule has 0 bridgehead atoms. The third kappa shape index (κ3) is 6.02. The number of benzene rings is 1. The number of carbonyl (C=O) groups excluding carboxylic acids is 2. The molecule has 1 aromatic rings. The first-order chi connectivity index (χ1) is 12.5. The lowest BCUT2D eigenvalue weighted by molar-refractivity contribution is -0.114. The van der Waals surface area contributed by atoms with Crippen LogP contribution in [0.1, 0.15) is 50.4 Å². The summed E-state index contributed by atoms with van der Waals surface area (Å²) in [7, 11) is 0. The van der Waals surface area contributed by atoms with E-state index in [0.717, 1.165) is 44.0 Å². The highest BCUT2D eigenvalue weighted by atomic mass is 16.5. The van der Waals surface area contributed by atoms with E-state index < -0.39 is 0 Å². The Balaban J connectivity index is 2.13. The summed E-state index contributed by atoms with van der Waals surface area (Å²) in [6.07, 6.45) is 3.03. The molecule has 0 radical (unpaired) electrons. The van der Waals surface area contributed by atoms with Gasteiger partial charge >= 0.3 is 0 Å². The van der Waals surface area contributed by atoms with Gasteiger partial charge in [-0.05, 0) is 50.3 Å². The molecule has 0 unspecified atom stereocenters. The van der Waals surface area contributed by atoms with Crippen molar-refractivity contribution in [2.45, 2.75) is 40.0 Å². The van der Waals surface area contributed by atoms with Crippen LogP contribution in [0.5, 0.6) is 0 Å². The molecule has 0 spiro atoms. The van der Waals surface area contributed by atoms with Crippen LogP contribution in [0.4, 0.5) is 11.4 Å². The maximum Gasteiger partial charge on any atom is 0.253 e. The lowest BCUT2D eigenvalue weighted by Crippen LogP contribution is -2.35. The highest BCUT2D eigenvalue weighted by Crippen LogP contribution is 2.28. The van der Waals surface area contributed by atoms with Crippen LogP contribution in [0, 0.1) is 5.92 Å². The third-order valence-electron chi connectivity index (χ3n) is 4.64. The average molecular weight is 361 g/mol. The maximum atomic E-state index is 12.8. The van der Waals surface area contributed by atoms with Crippen LogP contribution >= 0.6 is 0 Å². The Labute approximate surface area is 156 Å². The number of hydrogen-bond acceptors (Lipinski definition) is 4. The smallest absolute Gasteiger partial charge is 0.253 e. The van der Waals surface area contributed by atoms with Crippen LogP contribution < -0.4 is 15.5 Å². The van der Waals surface area contributed by atoms with Gasteiger partial charge in [0.25, 0.3) is 5.91 Å². The van der Waals surface area contributed by atoms with Crippen molar-refractivity contribution >= 4 is 23.2 Å². The minimum atomic E-state index is -0.146. The highest BCUT2D eigenvalue weighted by Gasteiger charge is 2.21. The van der Waals surface area contributed by atoms with Gasteiger partial charge in [-0.25, -0.2) is 0 Å². The quantitative estimate of drug-likeness (QED) is 0.698. The molecule has 1 aromatic carbocycles. The molecule has 1 aliphatic rings. The topological polar surface area (TPSA) is 70.7 Å². The van der Waals surface area contributed by atoms with Gasteiger partial charge in [0.2, 0.25) is 5.91 Å². The second-order valence-electron chi connectivity index (χ2n) is 6.89. The van der Waals surface area contributed by atoms with Gasteiger partial charge in [-0.15, -0.1) is 0 Å². The van der Waals surface area contributed by atoms with Crippen LogP contribution in [0.25, 0.3) is 0 Å². The predicted octanol–water partition coefficient (Wildman–Crippen LogP) is 3.04. The molecule has 2 amide bonds. The van der Waals surface area contributed by atoms with Crippen molar-refractivity contribution in [3.63, 3.8) is 0 Å². The van der Waals surface area contributed by atoms with E-state index in [4.69, 9.17) is 4.74 Å². The van der Waals surface area contributed by atoms with Crippen LogP contribution in [-0.2, 0) is 9.53 Å². The Hall–Kier alpha value is -2.08. The fraction of sp³-hybridized carbons (Fsp3) is 0.600. The maximum absolute atomic E-state index is 12.8. The summed E-state index contributed by atoms with van der Waals surface area (Å²) in [6.45, 7) is 9.48. The van der Waals surface area contributed by atoms with Crippen LogP contribution in [-0.4, -0.2) is 44.7 Å². The molecule has 0 aromatic heterocycles. The zero-order valence-electron chi connectivity index (χ0n) is 16.1. The van der Waals surface area contributed by atoms with Gasteiger partial charge in [0.15, 0.2) is 0 Å². The van der Waals surface area contributed by atoms with Crippen molar-refractivity contribution in [2.75, 3.05) is 43.1 Å². The lowest BCUT2D eigenvalue weighted by atomic mass is 9.97. The van der Waals surface area contributed by atoms with Crippen molar-refractivity contribution in [3.8, 4) is 0 Å². The number of hydrogen-bond donors (Lipinski definition) is 2. The van der Waals surface area contributed by atoms with Gasteiger partial charge in [-0.2, -0.15) is 0 Å². The first kappa shape index (κ1) is 20.2. The fourth-order valence-electron chi connectivity index (χ4n) is 3.14. The number of nitrogens with one attached hydrogen (secondary N) is 2. The second kappa shape index (κ2) is 10.2. The van der Waals surface area contributed by atoms with Gasteiger partial charge in [0.1, 0.15) is 0 Å². The number of rotatable bonds is 8. The Morgan fingerprint density at radius 1 is 1.27 bits per heavy atom. The molecule has 0 atom stereocenters. The second-order valence-corrected chi connectivity index (χ2v) is 6.89. The van der Waals surface area contributed by atoms with E-state index in [1.807, 2.05) is 19.1 Å². The summed E-state index contributed by atoms with van der Waals surface area (Å²) >= 11 is 0. The Bertz CT molecular complexity index is 610. The third-order valence-corrected chi connectivity index (χ3v) is 4.64. The molecular formula is C20H31N3O3. The van der Waals surface area contributed by atoms with Crippen molar-refractivity contribution < 1.29 is 14.3 Å². The SMILES string of the molecule is CCOCCCNC(=O)c1cc(NC(C)=O)ccc1N1CCC(C)CC1. The van der Waals surface area contributed by atoms with Gasteiger partial charge in [-0.3, -0.25) is 9.59 Å². The molecule has 6 nitrogen and oxygen atoms in total. The molecule has 0 aliphatic carbocycles. The standard InChI is InChI=1S/C20H31N3O3/c1-4-26-13-5-10-21-20(25)18-14-17(22-16(3)24)6-7-19(18)23-11-8-15(2)9-12-23/h6-7,14-15H,4-5,8-13H2,1-3H3,(H,21,25)(H,22,24). The highest BCUT2D eigenvalue weighted by molar-refractivity contribution is 6.02. The molecule has 2 rings (SSSR count). The van der Waals surface area contributed by atoms with E-state index in [1.54, 1.807) is 6.07 Å². The zero-order valence-corrected chi connectivity index (χ0v) is 16.1. The number of anilines is 2. The van der Waals surface area contributed by atoms with E-state index in [-0.39, 0.29) is 11.8 Å². The van der Waals surface area contributed by atoms with Gasteiger partial charge < -0.3 is 20.3 Å². The van der Waals surface area contributed by atoms with Gasteiger partial charge in [0, 0.05) is 51.1 Å². The van der Waals surface area contributed by atoms with E-state index in [9.17, 15) is 9.59 Å². The molecule has 2 N–H and O–H groups in total. The average Bonchev–Trinajstić information content (AvgIpc) is 2.61. The molecule has 1 heterocycles. The Morgan fingerprint density at radius 3 is 2.65 bits per heavy atom. The van der Waals surface area contributed by atoms with Crippen LogP contribution in [0.2, 0.25) is 0 Å². The molecule has 0 saturated carbocycles. The summed E-state index contributed by atoms with van der Waals surface area (Å²) < 4.78 is 5.31. The minimum Gasteiger partial charge on any atom is -0.382 e. The molecule has 1 fully saturated rings. The minimum absolute atomic E-state index is 0.109. The largest absolute Gasteiger partial charge is 0.382 e. The summed E-state index contributed by atoms with van der Waals surface area (Å²) in [6, 6.07) is 5.57.